The van der Waals surface area contributed by atoms with Gasteiger partial charge in [0.15, 0.2) is 11.2 Å². The lowest BCUT2D eigenvalue weighted by molar-refractivity contribution is 0.590. The molecule has 0 aliphatic carbocycles. The Morgan fingerprint density at radius 1 is 0.333 bits per heavy atom. The Morgan fingerprint density at radius 2 is 0.718 bits per heavy atom. The van der Waals surface area contributed by atoms with Crippen molar-refractivity contribution in [3.63, 3.8) is 0 Å². The highest BCUT2D eigenvalue weighted by Crippen LogP contribution is 2.57. The average molecular weight is 1580 g/mol. The quantitative estimate of drug-likeness (QED) is 0.128. The summed E-state index contributed by atoms with van der Waals surface area (Å²) in [5.74, 6) is 0. The van der Waals surface area contributed by atoms with Gasteiger partial charge in [-0.15, -0.1) is 0 Å². The zero-order chi connectivity index (χ0) is 106. The Kier molecular flexibility index (Phi) is 10.5. The van der Waals surface area contributed by atoms with Crippen LogP contribution in [-0.2, 0) is 16.2 Å². The molecule has 21 rings (SSSR count). The van der Waals surface area contributed by atoms with E-state index in [0.29, 0.717) is 16.7 Å². The standard InChI is InChI=1S/C108H95BN4O2Si2/c1-106(2,3)72-60-95-101-96(61-72)113(103-82(71-37-31-39-76(57-71)117(13,14)15)65-86(108(7,8)9)100-80-43-25-29-47-98(80)115-105(100)103)94-63-74(111-90-45-27-23-41-78(90)84-59-69(49-55-92(84)111)67-34-20-17-21-35-67)51-53-88(94)109(101)87-52-50-73(110-89-44-26-22-40-77(89)83-58-68(48-54-91(83)110)66-32-18-16-19-33-66)62-93(87)112(95)102-81(70-36-30-38-75(56-70)116(10,11)12)64-85(107(4,5)6)99-79-42-24-28-46-97(79)114-104(99)102/h16-65H,1-15H3/i22D,23D,24D,25D,26D,27D,28D,29D,40D,41D,42D,43D,44D,45D,46D,47D,48D,49D,50D,51D,52D,53D,54D,55D,58D,59D,62D,63D,64D,65D. The molecule has 0 saturated carbocycles. The molecule has 117 heavy (non-hydrogen) atoms. The van der Waals surface area contributed by atoms with Crippen molar-refractivity contribution >= 4 is 171 Å². The van der Waals surface area contributed by atoms with Crippen molar-refractivity contribution in [3.05, 3.63) is 319 Å². The molecule has 2 aliphatic rings. The zero-order valence-corrected chi connectivity index (χ0v) is 69.2. The third kappa shape index (κ3) is 11.5. The largest absolute Gasteiger partial charge is 0.454 e. The van der Waals surface area contributed by atoms with E-state index < -0.39 is 286 Å². The van der Waals surface area contributed by atoms with Crippen LogP contribution in [0.15, 0.2) is 311 Å². The van der Waals surface area contributed by atoms with Crippen molar-refractivity contribution < 1.29 is 50.0 Å². The highest BCUT2D eigenvalue weighted by molar-refractivity contribution is 7.00. The normalized spacial score (nSPS) is 17.0. The molecule has 0 saturated heterocycles. The molecule has 0 spiro atoms. The van der Waals surface area contributed by atoms with E-state index in [9.17, 15) is 41.1 Å². The van der Waals surface area contributed by atoms with Gasteiger partial charge in [-0.2, -0.15) is 0 Å². The average Bonchev–Trinajstić information content (AvgIpc) is 1.65. The lowest BCUT2D eigenvalue weighted by atomic mass is 9.33. The van der Waals surface area contributed by atoms with Crippen molar-refractivity contribution in [3.8, 4) is 55.9 Å². The minimum absolute atomic E-state index is 0.0134. The maximum Gasteiger partial charge on any atom is 0.252 e. The van der Waals surface area contributed by atoms with Crippen LogP contribution in [0.5, 0.6) is 0 Å². The molecule has 6 nitrogen and oxygen atoms in total. The summed E-state index contributed by atoms with van der Waals surface area (Å²) >= 11 is 0. The first-order chi connectivity index (χ1) is 68.8. The van der Waals surface area contributed by atoms with Crippen molar-refractivity contribution in [1.29, 1.82) is 0 Å². The molecule has 0 atom stereocenters. The molecular formula is C108H95BN4O2Si2. The van der Waals surface area contributed by atoms with Crippen molar-refractivity contribution in [1.82, 2.24) is 9.13 Å². The highest BCUT2D eigenvalue weighted by Gasteiger charge is 2.48. The summed E-state index contributed by atoms with van der Waals surface area (Å²) in [5.41, 5.74) is -9.74. The van der Waals surface area contributed by atoms with Crippen molar-refractivity contribution in [2.45, 2.75) is 118 Å². The van der Waals surface area contributed by atoms with Gasteiger partial charge in [0, 0.05) is 88.3 Å². The Labute approximate surface area is 730 Å². The first-order valence-electron chi connectivity index (χ1n) is 54.2. The van der Waals surface area contributed by atoms with E-state index >= 15 is 0 Å². The van der Waals surface area contributed by atoms with Crippen LogP contribution in [0.4, 0.5) is 34.1 Å². The molecule has 0 unspecified atom stereocenters. The van der Waals surface area contributed by atoms with Crippen LogP contribution in [0, 0.1) is 0 Å². The van der Waals surface area contributed by atoms with Gasteiger partial charge in [0.25, 0.3) is 6.71 Å². The molecule has 6 heterocycles. The summed E-state index contributed by atoms with van der Waals surface area (Å²) in [4.78, 5) is 3.03. The monoisotopic (exact) mass is 1580 g/mol. The number of aromatic nitrogens is 2. The van der Waals surface area contributed by atoms with Crippen LogP contribution >= 0.6 is 0 Å². The van der Waals surface area contributed by atoms with Crippen LogP contribution < -0.4 is 36.6 Å². The van der Waals surface area contributed by atoms with Crippen LogP contribution in [-0.4, -0.2) is 32.0 Å². The fraction of sp³-hybridized carbons (Fsp3) is 0.167. The van der Waals surface area contributed by atoms with Gasteiger partial charge >= 0.3 is 0 Å². The van der Waals surface area contributed by atoms with E-state index in [1.54, 1.807) is 84.9 Å². The topological polar surface area (TPSA) is 42.6 Å². The molecule has 570 valence electrons. The number of nitrogens with zero attached hydrogens (tertiary/aromatic N) is 4. The highest BCUT2D eigenvalue weighted by atomic mass is 28.3. The molecule has 0 radical (unpaired) electrons. The summed E-state index contributed by atoms with van der Waals surface area (Å²) < 4.78 is 330. The molecule has 15 aromatic carbocycles. The van der Waals surface area contributed by atoms with Gasteiger partial charge in [0.05, 0.1) is 90.7 Å². The second-order valence-corrected chi connectivity index (χ2v) is 45.8. The summed E-state index contributed by atoms with van der Waals surface area (Å²) in [6.07, 6.45) is 0. The number of para-hydroxylation sites is 4. The van der Waals surface area contributed by atoms with E-state index in [1.165, 1.54) is 9.80 Å². The second-order valence-electron chi connectivity index (χ2n) is 35.7. The van der Waals surface area contributed by atoms with Crippen LogP contribution in [0.2, 0.25) is 39.3 Å². The molecule has 19 aromatic rings. The summed E-state index contributed by atoms with van der Waals surface area (Å²) in [5, 5.41) is -0.272. The Balaban J connectivity index is 1.08. The molecule has 4 aromatic heterocycles. The smallest absolute Gasteiger partial charge is 0.252 e. The number of rotatable bonds is 10. The first-order valence-corrected chi connectivity index (χ1v) is 46.2. The van der Waals surface area contributed by atoms with Gasteiger partial charge in [-0.3, -0.25) is 0 Å². The Morgan fingerprint density at radius 3 is 1.12 bits per heavy atom. The minimum atomic E-state index is -2.56. The van der Waals surface area contributed by atoms with Gasteiger partial charge in [-0.25, -0.2) is 0 Å². The van der Waals surface area contributed by atoms with Crippen LogP contribution in [0.25, 0.3) is 143 Å². The van der Waals surface area contributed by atoms with E-state index in [2.05, 4.69) is 39.3 Å². The first kappa shape index (κ1) is 47.0. The maximum absolute atomic E-state index is 12.2. The summed E-state index contributed by atoms with van der Waals surface area (Å²) in [6.45, 7) is 27.2. The number of fused-ring (bicyclic) bond motifs is 16. The lowest BCUT2D eigenvalue weighted by Gasteiger charge is -2.46. The lowest BCUT2D eigenvalue weighted by Crippen LogP contribution is -2.61. The number of hydrogen-bond acceptors (Lipinski definition) is 4. The maximum atomic E-state index is 12.2. The number of anilines is 6. The van der Waals surface area contributed by atoms with Gasteiger partial charge < -0.3 is 27.8 Å². The van der Waals surface area contributed by atoms with Gasteiger partial charge in [0.2, 0.25) is 0 Å². The molecule has 0 bridgehead atoms. The van der Waals surface area contributed by atoms with Gasteiger partial charge in [-0.1, -0.05) is 318 Å². The molecule has 0 fully saturated rings. The predicted octanol–water partition coefficient (Wildman–Crippen LogP) is 27.4. The van der Waals surface area contributed by atoms with E-state index in [1.807, 2.05) is 98.7 Å². The Hall–Kier alpha value is -12.4. The summed E-state index contributed by atoms with van der Waals surface area (Å²) in [7, 11) is -5.11. The van der Waals surface area contributed by atoms with Gasteiger partial charge in [-0.05, 0) is 179 Å². The fourth-order valence-electron chi connectivity index (χ4n) is 17.0. The Bertz CT molecular complexity index is 8770. The third-order valence-electron chi connectivity index (χ3n) is 22.9. The van der Waals surface area contributed by atoms with Gasteiger partial charge in [0.1, 0.15) is 11.2 Å². The minimum Gasteiger partial charge on any atom is -0.454 e. The van der Waals surface area contributed by atoms with Crippen molar-refractivity contribution in [2.75, 3.05) is 9.80 Å². The van der Waals surface area contributed by atoms with E-state index in [0.717, 1.165) is 19.5 Å². The molecule has 9 heteroatoms. The van der Waals surface area contributed by atoms with Crippen LogP contribution in [0.3, 0.4) is 0 Å². The molecule has 0 N–H and O–H groups in total. The SMILES string of the molecule is [2H]c1c([2H])c(-n2c3c([2H])c([2H])c([2H])c([2H])c3c3c([2H])c(-c4ccccc4)c([2H])c([2H])c32)c([2H])c2c1B1c3c(cc(C(C)(C)C)cc3N(c3c(-c4cccc([Si](C)(C)C)c4)c([2H])c(C(C)(C)C)c4c3oc3c([2H])c([2H])c([2H])c([2H])c34)c3c([2H])c(-n4c5c([2H])c([2H])c([2H])c([2H])c5c5c([2H])c(-c6ccccc6)c([2H])c([2H])c54)c([2H])c([2H])c31)N2c1c(-c2cccc([Si](C)(C)C)c2)c([2H])c(C(C)(C)C)c2c1oc1c([2H])c([2H])c([2H])c([2H])c12. The van der Waals surface area contributed by atoms with Crippen molar-refractivity contribution in [2.24, 2.45) is 0 Å². The number of furan rings is 2. The molecule has 2 aliphatic heterocycles. The molecular weight excluding hydrogens is 1450 g/mol. The second kappa shape index (κ2) is 26.1. The van der Waals surface area contributed by atoms with E-state index in [4.69, 9.17) is 8.83 Å². The molecule has 0 amide bonds. The summed E-state index contributed by atoms with van der Waals surface area (Å²) in [6, 6.07) is 13.2. The van der Waals surface area contributed by atoms with Crippen LogP contribution in [0.1, 0.15) is 120 Å². The number of hydrogen-bond donors (Lipinski definition) is 0. The number of benzene rings is 15. The van der Waals surface area contributed by atoms with E-state index in [-0.39, 0.29) is 128 Å². The zero-order valence-electron chi connectivity index (χ0n) is 97.2. The predicted molar refractivity (Wildman–Crippen MR) is 508 cm³/mol. The third-order valence-corrected chi connectivity index (χ3v) is 26.9. The fourth-order valence-corrected chi connectivity index (χ4v) is 19.4.